The predicted octanol–water partition coefficient (Wildman–Crippen LogP) is 8.68. The van der Waals surface area contributed by atoms with Gasteiger partial charge >= 0.3 is 0 Å². The van der Waals surface area contributed by atoms with E-state index in [2.05, 4.69) is 19.9 Å². The van der Waals surface area contributed by atoms with E-state index in [4.69, 9.17) is 4.74 Å². The molecule has 3 rings (SSSR count). The first-order chi connectivity index (χ1) is 13.8. The molecule has 1 atom stereocenters. The lowest BCUT2D eigenvalue weighted by Gasteiger charge is -2.35. The first kappa shape index (κ1) is 22.2. The second-order valence-electron chi connectivity index (χ2n) is 10.5. The summed E-state index contributed by atoms with van der Waals surface area (Å²) in [5.41, 5.74) is 0. The van der Waals surface area contributed by atoms with Crippen molar-refractivity contribution in [3.8, 4) is 0 Å². The fraction of sp³-hybridized carbons (Fsp3) is 0.926. The highest BCUT2D eigenvalue weighted by Crippen LogP contribution is 2.41. The summed E-state index contributed by atoms with van der Waals surface area (Å²) < 4.78 is 6.30. The molecule has 1 nitrogen and oxygen atoms in total. The van der Waals surface area contributed by atoms with Gasteiger partial charge in [0.15, 0.2) is 0 Å². The Morgan fingerprint density at radius 2 is 1.39 bits per heavy atom. The molecule has 0 radical (unpaired) electrons. The van der Waals surface area contributed by atoms with E-state index in [0.717, 1.165) is 36.2 Å². The minimum absolute atomic E-state index is 0.829. The first-order valence-corrected chi connectivity index (χ1v) is 13.1. The van der Waals surface area contributed by atoms with Crippen molar-refractivity contribution >= 4 is 0 Å². The Bertz CT molecular complexity index is 437. The van der Waals surface area contributed by atoms with E-state index in [1.807, 2.05) is 0 Å². The van der Waals surface area contributed by atoms with Crippen LogP contribution in [0.15, 0.2) is 11.8 Å². The van der Waals surface area contributed by atoms with Crippen molar-refractivity contribution in [2.75, 3.05) is 6.61 Å². The predicted molar refractivity (Wildman–Crippen MR) is 121 cm³/mol. The van der Waals surface area contributed by atoms with E-state index < -0.39 is 0 Å². The molecule has 2 saturated carbocycles. The molecule has 0 saturated heterocycles. The van der Waals surface area contributed by atoms with Gasteiger partial charge in [0.2, 0.25) is 0 Å². The minimum atomic E-state index is 0.829. The fourth-order valence-corrected chi connectivity index (χ4v) is 6.34. The van der Waals surface area contributed by atoms with Crippen LogP contribution in [0.3, 0.4) is 0 Å². The lowest BCUT2D eigenvalue weighted by molar-refractivity contribution is 0.108. The van der Waals surface area contributed by atoms with Crippen molar-refractivity contribution < 1.29 is 4.74 Å². The zero-order valence-electron chi connectivity index (χ0n) is 19.1. The zero-order chi connectivity index (χ0) is 19.6. The highest BCUT2D eigenvalue weighted by atomic mass is 16.5. The smallest absolute Gasteiger partial charge is 0.0920 e. The van der Waals surface area contributed by atoms with Crippen LogP contribution in [0.25, 0.3) is 0 Å². The van der Waals surface area contributed by atoms with Crippen LogP contribution in [-0.2, 0) is 4.74 Å². The van der Waals surface area contributed by atoms with Gasteiger partial charge in [-0.15, -0.1) is 0 Å². The van der Waals surface area contributed by atoms with Crippen LogP contribution in [0.5, 0.6) is 0 Å². The molecule has 162 valence electrons. The highest BCUT2D eigenvalue weighted by molar-refractivity contribution is 5.01. The van der Waals surface area contributed by atoms with E-state index in [1.54, 1.807) is 0 Å². The average Bonchev–Trinajstić information content (AvgIpc) is 2.75. The normalized spacial score (nSPS) is 34.1. The number of rotatable bonds is 10. The molecule has 0 amide bonds. The first-order valence-electron chi connectivity index (χ1n) is 13.1. The summed E-state index contributed by atoms with van der Waals surface area (Å²) >= 11 is 0. The Morgan fingerprint density at radius 1 is 0.714 bits per heavy atom. The summed E-state index contributed by atoms with van der Waals surface area (Å²) in [6.45, 7) is 5.66. The number of ether oxygens (including phenoxy) is 1. The lowest BCUT2D eigenvalue weighted by atomic mass is 9.71. The summed E-state index contributed by atoms with van der Waals surface area (Å²) in [6.07, 6.45) is 26.7. The summed E-state index contributed by atoms with van der Waals surface area (Å²) in [6, 6.07) is 0. The van der Waals surface area contributed by atoms with Gasteiger partial charge in [0.1, 0.15) is 0 Å². The SMILES string of the molecule is CCCCC[C@H]1CC[C@H](COC2=CCC([C@H]3CC[C@H](CCC)CC3)CC2)CC1. The van der Waals surface area contributed by atoms with Crippen LogP contribution in [-0.4, -0.2) is 6.61 Å². The molecular weight excluding hydrogens is 340 g/mol. The summed E-state index contributed by atoms with van der Waals surface area (Å²) in [5.74, 6) is 6.18. The van der Waals surface area contributed by atoms with Gasteiger partial charge in [-0.2, -0.15) is 0 Å². The largest absolute Gasteiger partial charge is 0.498 e. The Labute approximate surface area is 176 Å². The van der Waals surface area contributed by atoms with Gasteiger partial charge in [0.05, 0.1) is 12.4 Å². The second kappa shape index (κ2) is 12.3. The third-order valence-electron chi connectivity index (χ3n) is 8.35. The maximum atomic E-state index is 6.30. The van der Waals surface area contributed by atoms with E-state index in [-0.39, 0.29) is 0 Å². The molecule has 1 heteroatoms. The fourth-order valence-electron chi connectivity index (χ4n) is 6.34. The maximum absolute atomic E-state index is 6.30. The van der Waals surface area contributed by atoms with Crippen LogP contribution in [0.2, 0.25) is 0 Å². The van der Waals surface area contributed by atoms with Crippen molar-refractivity contribution in [3.05, 3.63) is 11.8 Å². The van der Waals surface area contributed by atoms with Crippen LogP contribution < -0.4 is 0 Å². The molecule has 0 aliphatic heterocycles. The van der Waals surface area contributed by atoms with Gasteiger partial charge in [-0.25, -0.2) is 0 Å². The summed E-state index contributed by atoms with van der Waals surface area (Å²) in [7, 11) is 0. The van der Waals surface area contributed by atoms with Crippen LogP contribution in [0, 0.1) is 29.6 Å². The molecule has 0 bridgehead atoms. The van der Waals surface area contributed by atoms with Gasteiger partial charge in [-0.3, -0.25) is 0 Å². The van der Waals surface area contributed by atoms with Crippen molar-refractivity contribution in [1.82, 2.24) is 0 Å². The molecule has 0 aromatic rings. The Morgan fingerprint density at radius 3 is 2.04 bits per heavy atom. The molecular formula is C27H48O. The van der Waals surface area contributed by atoms with Gasteiger partial charge in [0, 0.05) is 6.42 Å². The van der Waals surface area contributed by atoms with Gasteiger partial charge in [0.25, 0.3) is 0 Å². The lowest BCUT2D eigenvalue weighted by Crippen LogP contribution is -2.24. The monoisotopic (exact) mass is 388 g/mol. The molecule has 3 aliphatic rings. The molecule has 28 heavy (non-hydrogen) atoms. The van der Waals surface area contributed by atoms with E-state index in [1.165, 1.54) is 115 Å². The summed E-state index contributed by atoms with van der Waals surface area (Å²) in [5, 5.41) is 0. The van der Waals surface area contributed by atoms with Gasteiger partial charge in [-0.1, -0.05) is 78.1 Å². The van der Waals surface area contributed by atoms with Crippen molar-refractivity contribution in [1.29, 1.82) is 0 Å². The second-order valence-corrected chi connectivity index (χ2v) is 10.5. The number of hydrogen-bond acceptors (Lipinski definition) is 1. The molecule has 0 spiro atoms. The Balaban J connectivity index is 1.29. The average molecular weight is 389 g/mol. The molecule has 2 fully saturated rings. The highest BCUT2D eigenvalue weighted by Gasteiger charge is 2.29. The van der Waals surface area contributed by atoms with E-state index in [0.29, 0.717) is 0 Å². The van der Waals surface area contributed by atoms with Crippen LogP contribution >= 0.6 is 0 Å². The van der Waals surface area contributed by atoms with Crippen LogP contribution in [0.4, 0.5) is 0 Å². The third-order valence-corrected chi connectivity index (χ3v) is 8.35. The van der Waals surface area contributed by atoms with Gasteiger partial charge < -0.3 is 4.74 Å². The topological polar surface area (TPSA) is 9.23 Å². The van der Waals surface area contributed by atoms with Crippen molar-refractivity contribution in [3.63, 3.8) is 0 Å². The van der Waals surface area contributed by atoms with Gasteiger partial charge in [-0.05, 0) is 74.2 Å². The Hall–Kier alpha value is -0.460. The minimum Gasteiger partial charge on any atom is -0.498 e. The molecule has 0 aromatic carbocycles. The third kappa shape index (κ3) is 7.10. The number of unbranched alkanes of at least 4 members (excludes halogenated alkanes) is 2. The zero-order valence-corrected chi connectivity index (χ0v) is 19.1. The number of allylic oxidation sites excluding steroid dienone is 2. The summed E-state index contributed by atoms with van der Waals surface area (Å²) in [4.78, 5) is 0. The quantitative estimate of drug-likeness (QED) is 0.340. The molecule has 0 N–H and O–H groups in total. The molecule has 3 aliphatic carbocycles. The van der Waals surface area contributed by atoms with E-state index >= 15 is 0 Å². The Kier molecular flexibility index (Phi) is 9.75. The standard InChI is InChI=1S/C27H48O/c1-3-5-6-8-23-9-11-24(12-10-23)21-28-27-19-17-26(18-20-27)25-15-13-22(7-4-2)14-16-25/h19,22-26H,3-18,20-21H2,1-2H3/t22-,23-,24-,25-,26?. The van der Waals surface area contributed by atoms with Crippen molar-refractivity contribution in [2.45, 2.75) is 123 Å². The van der Waals surface area contributed by atoms with Crippen LogP contribution in [0.1, 0.15) is 123 Å². The molecule has 0 aromatic heterocycles. The van der Waals surface area contributed by atoms with Crippen molar-refractivity contribution in [2.24, 2.45) is 29.6 Å². The molecule has 1 unspecified atom stereocenters. The number of hydrogen-bond donors (Lipinski definition) is 0. The molecule has 0 heterocycles. The van der Waals surface area contributed by atoms with E-state index in [9.17, 15) is 0 Å². The maximum Gasteiger partial charge on any atom is 0.0920 e.